The molecular formula is C38H60O4Si2. The van der Waals surface area contributed by atoms with Crippen LogP contribution < -0.4 is 8.85 Å². The maximum absolute atomic E-state index is 14.4. The maximum Gasteiger partial charge on any atom is 0.251 e. The number of benzene rings is 2. The number of hydrogen-bond acceptors (Lipinski definition) is 4. The predicted molar refractivity (Wildman–Crippen MR) is 191 cm³/mol. The van der Waals surface area contributed by atoms with E-state index in [2.05, 4.69) is 41.5 Å². The Morgan fingerprint density at radius 3 is 0.977 bits per heavy atom. The van der Waals surface area contributed by atoms with E-state index in [9.17, 15) is 9.59 Å². The van der Waals surface area contributed by atoms with Crippen LogP contribution in [0, 0.1) is 0 Å². The third-order valence-corrected chi connectivity index (χ3v) is 18.5. The Kier molecular flexibility index (Phi) is 14.9. The standard InChI is InChI=1S/C38H60O4Si2/c1-7-13-25-43(26-14-8-2,27-15-9-3)41-33-23-24-34(42-44(28-16-10-4,29-17-11-5)30-18-12-6)36-35(33)37(39)31-21-19-20-22-32(31)38(36)40/h19-24H,7-18,25-30H2,1-6H3. The van der Waals surface area contributed by atoms with Gasteiger partial charge in [-0.05, 0) is 48.4 Å². The van der Waals surface area contributed by atoms with Gasteiger partial charge < -0.3 is 8.85 Å². The van der Waals surface area contributed by atoms with E-state index in [0.29, 0.717) is 33.8 Å². The molecule has 0 N–H and O–H groups in total. The van der Waals surface area contributed by atoms with Gasteiger partial charge in [-0.2, -0.15) is 0 Å². The first-order valence-electron chi connectivity index (χ1n) is 18.1. The van der Waals surface area contributed by atoms with E-state index in [0.717, 1.165) is 113 Å². The molecule has 0 bridgehead atoms. The van der Waals surface area contributed by atoms with Crippen molar-refractivity contribution in [3.63, 3.8) is 0 Å². The van der Waals surface area contributed by atoms with Crippen molar-refractivity contribution in [1.29, 1.82) is 0 Å². The number of unbranched alkanes of at least 4 members (excludes halogenated alkanes) is 6. The second-order valence-corrected chi connectivity index (χ2v) is 21.3. The molecule has 0 fully saturated rings. The summed E-state index contributed by atoms with van der Waals surface area (Å²) in [6.07, 6.45) is 13.6. The van der Waals surface area contributed by atoms with Crippen LogP contribution in [0.3, 0.4) is 0 Å². The van der Waals surface area contributed by atoms with Crippen LogP contribution in [0.5, 0.6) is 11.5 Å². The molecule has 0 aromatic heterocycles. The lowest BCUT2D eigenvalue weighted by atomic mass is 9.83. The number of carbonyl (C=O) groups is 2. The summed E-state index contributed by atoms with van der Waals surface area (Å²) in [4.78, 5) is 28.8. The third-order valence-electron chi connectivity index (χ3n) is 9.57. The lowest BCUT2D eigenvalue weighted by molar-refractivity contribution is 0.0975. The number of carbonyl (C=O) groups excluding carboxylic acids is 2. The first-order valence-corrected chi connectivity index (χ1v) is 23.1. The van der Waals surface area contributed by atoms with Crippen LogP contribution in [0.25, 0.3) is 0 Å². The normalized spacial score (nSPS) is 13.1. The molecule has 1 aliphatic rings. The van der Waals surface area contributed by atoms with E-state index in [1.54, 1.807) is 12.1 Å². The zero-order chi connectivity index (χ0) is 32.0. The second kappa shape index (κ2) is 18.1. The van der Waals surface area contributed by atoms with Gasteiger partial charge >= 0.3 is 0 Å². The van der Waals surface area contributed by atoms with E-state index in [-0.39, 0.29) is 11.6 Å². The van der Waals surface area contributed by atoms with Gasteiger partial charge in [0.25, 0.3) is 16.6 Å². The molecule has 0 amide bonds. The minimum atomic E-state index is -2.21. The Hall–Kier alpha value is -2.19. The smallest absolute Gasteiger partial charge is 0.251 e. The summed E-state index contributed by atoms with van der Waals surface area (Å²) in [5, 5.41) is 0. The fourth-order valence-electron chi connectivity index (χ4n) is 6.85. The zero-order valence-corrected chi connectivity index (χ0v) is 30.8. The predicted octanol–water partition coefficient (Wildman–Crippen LogP) is 11.9. The Bertz CT molecular complexity index is 1070. The summed E-state index contributed by atoms with van der Waals surface area (Å²) in [5.41, 5.74) is 1.89. The molecule has 0 atom stereocenters. The fourth-order valence-corrected chi connectivity index (χ4v) is 16.2. The summed E-state index contributed by atoms with van der Waals surface area (Å²) in [6, 6.07) is 17.9. The summed E-state index contributed by atoms with van der Waals surface area (Å²) >= 11 is 0. The molecule has 44 heavy (non-hydrogen) atoms. The zero-order valence-electron chi connectivity index (χ0n) is 28.8. The molecule has 0 heterocycles. The van der Waals surface area contributed by atoms with Gasteiger partial charge in [0, 0.05) is 11.1 Å². The van der Waals surface area contributed by atoms with Crippen molar-refractivity contribution in [3.8, 4) is 11.5 Å². The van der Waals surface area contributed by atoms with E-state index in [1.165, 1.54) is 0 Å². The topological polar surface area (TPSA) is 52.6 Å². The highest BCUT2D eigenvalue weighted by Gasteiger charge is 2.42. The Morgan fingerprint density at radius 1 is 0.455 bits per heavy atom. The van der Waals surface area contributed by atoms with Gasteiger partial charge in [0.15, 0.2) is 11.6 Å². The third kappa shape index (κ3) is 8.96. The van der Waals surface area contributed by atoms with Crippen LogP contribution >= 0.6 is 0 Å². The monoisotopic (exact) mass is 636 g/mol. The number of fused-ring (bicyclic) bond motifs is 2. The van der Waals surface area contributed by atoms with Gasteiger partial charge in [-0.3, -0.25) is 9.59 Å². The number of hydrogen-bond donors (Lipinski definition) is 0. The van der Waals surface area contributed by atoms with E-state index in [4.69, 9.17) is 8.85 Å². The summed E-state index contributed by atoms with van der Waals surface area (Å²) < 4.78 is 14.5. The Balaban J connectivity index is 2.22. The van der Waals surface area contributed by atoms with Crippen molar-refractivity contribution in [2.24, 2.45) is 0 Å². The fraction of sp³-hybridized carbons (Fsp3) is 0.632. The summed E-state index contributed by atoms with van der Waals surface area (Å²) in [5.74, 6) is 1.06. The minimum absolute atomic E-state index is 0.0945. The molecule has 1 aliphatic carbocycles. The van der Waals surface area contributed by atoms with E-state index >= 15 is 0 Å². The van der Waals surface area contributed by atoms with Gasteiger partial charge in [0.1, 0.15) is 11.5 Å². The van der Waals surface area contributed by atoms with Crippen molar-refractivity contribution in [1.82, 2.24) is 0 Å². The SMILES string of the molecule is CCCC[Si](CCCC)(CCCC)Oc1ccc(O[Si](CCCC)(CCCC)CCCC)c2c1C(=O)c1ccccc1C2=O. The van der Waals surface area contributed by atoms with Crippen LogP contribution in [0.15, 0.2) is 36.4 Å². The average molecular weight is 637 g/mol. The molecule has 0 saturated heterocycles. The molecule has 4 nitrogen and oxygen atoms in total. The van der Waals surface area contributed by atoms with Gasteiger partial charge in [-0.1, -0.05) is 143 Å². The molecule has 0 radical (unpaired) electrons. The largest absolute Gasteiger partial charge is 0.543 e. The van der Waals surface area contributed by atoms with E-state index in [1.807, 2.05) is 24.3 Å². The van der Waals surface area contributed by atoms with Crippen molar-refractivity contribution in [3.05, 3.63) is 58.7 Å². The molecule has 3 rings (SSSR count). The lowest BCUT2D eigenvalue weighted by Crippen LogP contribution is -2.43. The van der Waals surface area contributed by atoms with Crippen LogP contribution in [-0.2, 0) is 0 Å². The molecule has 2 aromatic rings. The van der Waals surface area contributed by atoms with Crippen molar-refractivity contribution < 1.29 is 18.4 Å². The summed E-state index contributed by atoms with van der Waals surface area (Å²) in [6.45, 7) is 13.5. The second-order valence-electron chi connectivity index (χ2n) is 13.2. The molecular weight excluding hydrogens is 577 g/mol. The van der Waals surface area contributed by atoms with Crippen molar-refractivity contribution in [2.75, 3.05) is 0 Å². The molecule has 0 saturated carbocycles. The lowest BCUT2D eigenvalue weighted by Gasteiger charge is -2.36. The Labute approximate surface area is 271 Å². The molecule has 0 spiro atoms. The molecule has 0 aliphatic heterocycles. The van der Waals surface area contributed by atoms with Crippen molar-refractivity contribution in [2.45, 2.75) is 155 Å². The Morgan fingerprint density at radius 2 is 0.727 bits per heavy atom. The number of rotatable bonds is 22. The van der Waals surface area contributed by atoms with Crippen LogP contribution in [0.1, 0.15) is 150 Å². The minimum Gasteiger partial charge on any atom is -0.543 e. The summed E-state index contributed by atoms with van der Waals surface area (Å²) in [7, 11) is -4.43. The highest BCUT2D eigenvalue weighted by atomic mass is 28.4. The first kappa shape index (κ1) is 36.3. The van der Waals surface area contributed by atoms with Crippen molar-refractivity contribution >= 4 is 28.2 Å². The quantitative estimate of drug-likeness (QED) is 0.103. The molecule has 2 aromatic carbocycles. The average Bonchev–Trinajstić information content (AvgIpc) is 3.05. The van der Waals surface area contributed by atoms with Gasteiger partial charge in [-0.15, -0.1) is 0 Å². The molecule has 244 valence electrons. The maximum atomic E-state index is 14.4. The van der Waals surface area contributed by atoms with E-state index < -0.39 is 16.6 Å². The highest BCUT2D eigenvalue weighted by molar-refractivity contribution is 6.75. The molecule has 6 heteroatoms. The highest BCUT2D eigenvalue weighted by Crippen LogP contribution is 2.43. The van der Waals surface area contributed by atoms with Crippen LogP contribution in [0.4, 0.5) is 0 Å². The van der Waals surface area contributed by atoms with Gasteiger partial charge in [-0.25, -0.2) is 0 Å². The van der Waals surface area contributed by atoms with Crippen LogP contribution in [-0.4, -0.2) is 28.2 Å². The van der Waals surface area contributed by atoms with Gasteiger partial charge in [0.05, 0.1) is 11.1 Å². The van der Waals surface area contributed by atoms with Gasteiger partial charge in [0.2, 0.25) is 0 Å². The van der Waals surface area contributed by atoms with Crippen LogP contribution in [0.2, 0.25) is 36.3 Å². The first-order chi connectivity index (χ1) is 21.3. The molecule has 0 unspecified atom stereocenters. The number of ketones is 2.